The van der Waals surface area contributed by atoms with Crippen LogP contribution in [0, 0.1) is 16.7 Å². The van der Waals surface area contributed by atoms with Crippen molar-refractivity contribution in [1.82, 2.24) is 0 Å². The number of rotatable bonds is 1. The molecule has 0 bridgehead atoms. The highest BCUT2D eigenvalue weighted by molar-refractivity contribution is 5.90. The van der Waals surface area contributed by atoms with Crippen molar-refractivity contribution in [2.24, 2.45) is 16.7 Å². The van der Waals surface area contributed by atoms with Gasteiger partial charge in [-0.1, -0.05) is 34.6 Å². The van der Waals surface area contributed by atoms with Gasteiger partial charge in [0, 0.05) is 0 Å². The molecule has 86 valence electrons. The molecule has 0 N–H and O–H groups in total. The van der Waals surface area contributed by atoms with Gasteiger partial charge < -0.3 is 4.74 Å². The second-order valence-electron chi connectivity index (χ2n) is 6.28. The zero-order valence-electron chi connectivity index (χ0n) is 10.2. The lowest BCUT2D eigenvalue weighted by Crippen LogP contribution is -2.42. The van der Waals surface area contributed by atoms with E-state index in [1.54, 1.807) is 0 Å². The molecule has 0 amide bonds. The van der Waals surface area contributed by atoms with E-state index in [2.05, 4.69) is 20.8 Å². The third-order valence-electron chi connectivity index (χ3n) is 2.86. The van der Waals surface area contributed by atoms with E-state index in [0.717, 1.165) is 6.42 Å². The van der Waals surface area contributed by atoms with E-state index in [9.17, 15) is 9.59 Å². The van der Waals surface area contributed by atoms with Crippen molar-refractivity contribution >= 4 is 11.9 Å². The zero-order valence-corrected chi connectivity index (χ0v) is 10.2. The fraction of sp³-hybridized carbons (Fsp3) is 0.833. The van der Waals surface area contributed by atoms with Crippen molar-refractivity contribution in [3.8, 4) is 0 Å². The summed E-state index contributed by atoms with van der Waals surface area (Å²) < 4.78 is 4.70. The second kappa shape index (κ2) is 3.62. The van der Waals surface area contributed by atoms with Gasteiger partial charge >= 0.3 is 11.9 Å². The highest BCUT2D eigenvalue weighted by atomic mass is 16.6. The summed E-state index contributed by atoms with van der Waals surface area (Å²) in [6.07, 6.45) is 1.09. The third-order valence-corrected chi connectivity index (χ3v) is 2.86. The summed E-state index contributed by atoms with van der Waals surface area (Å²) in [6, 6.07) is 0. The first-order chi connectivity index (χ1) is 6.62. The van der Waals surface area contributed by atoms with E-state index in [0.29, 0.717) is 6.42 Å². The molecule has 1 atom stereocenters. The van der Waals surface area contributed by atoms with Gasteiger partial charge in [0.2, 0.25) is 0 Å². The smallest absolute Gasteiger partial charge is 0.317 e. The molecule has 0 radical (unpaired) electrons. The minimum atomic E-state index is -0.393. The Morgan fingerprint density at radius 1 is 1.33 bits per heavy atom. The van der Waals surface area contributed by atoms with Crippen LogP contribution >= 0.6 is 0 Å². The van der Waals surface area contributed by atoms with Crippen LogP contribution in [-0.2, 0) is 14.3 Å². The monoisotopic (exact) mass is 212 g/mol. The lowest BCUT2D eigenvalue weighted by atomic mass is 9.68. The van der Waals surface area contributed by atoms with Gasteiger partial charge in [-0.2, -0.15) is 0 Å². The van der Waals surface area contributed by atoms with Crippen molar-refractivity contribution in [3.05, 3.63) is 0 Å². The lowest BCUT2D eigenvalue weighted by Gasteiger charge is -2.38. The molecule has 1 aliphatic rings. The van der Waals surface area contributed by atoms with Gasteiger partial charge in [0.05, 0.1) is 12.3 Å². The summed E-state index contributed by atoms with van der Waals surface area (Å²) in [7, 11) is 0. The van der Waals surface area contributed by atoms with E-state index >= 15 is 0 Å². The molecule has 15 heavy (non-hydrogen) atoms. The first-order valence-corrected chi connectivity index (χ1v) is 5.36. The first-order valence-electron chi connectivity index (χ1n) is 5.36. The summed E-state index contributed by atoms with van der Waals surface area (Å²) in [5.74, 6) is -0.920. The standard InChI is InChI=1S/C12H20O3/c1-11(2,3)6-8-10(14)15-9(13)7-12(8,4)5/h8H,6-7H2,1-5H3. The molecule has 1 aliphatic heterocycles. The highest BCUT2D eigenvalue weighted by Crippen LogP contribution is 2.42. The van der Waals surface area contributed by atoms with E-state index in [-0.39, 0.29) is 22.7 Å². The van der Waals surface area contributed by atoms with Crippen LogP contribution < -0.4 is 0 Å². The zero-order chi connectivity index (χ0) is 11.9. The molecule has 1 rings (SSSR count). The number of esters is 2. The molecule has 1 saturated heterocycles. The minimum Gasteiger partial charge on any atom is -0.393 e. The van der Waals surface area contributed by atoms with Gasteiger partial charge in [-0.05, 0) is 17.3 Å². The van der Waals surface area contributed by atoms with Gasteiger partial charge in [0.15, 0.2) is 0 Å². The maximum absolute atomic E-state index is 11.7. The quantitative estimate of drug-likeness (QED) is 0.495. The summed E-state index contributed by atoms with van der Waals surface area (Å²) in [5.41, 5.74) is -0.207. The maximum atomic E-state index is 11.7. The lowest BCUT2D eigenvalue weighted by molar-refractivity contribution is -0.176. The van der Waals surface area contributed by atoms with Crippen LogP contribution in [0.4, 0.5) is 0 Å². The summed E-state index contributed by atoms with van der Waals surface area (Å²) in [6.45, 7) is 10.2. The Kier molecular flexibility index (Phi) is 2.94. The predicted molar refractivity (Wildman–Crippen MR) is 57.1 cm³/mol. The SMILES string of the molecule is CC(C)(C)CC1C(=O)OC(=O)CC1(C)C. The molecule has 1 fully saturated rings. The number of hydrogen-bond donors (Lipinski definition) is 0. The van der Waals surface area contributed by atoms with E-state index in [1.165, 1.54) is 0 Å². The van der Waals surface area contributed by atoms with Gasteiger partial charge in [-0.3, -0.25) is 9.59 Å². The van der Waals surface area contributed by atoms with E-state index in [4.69, 9.17) is 4.74 Å². The highest BCUT2D eigenvalue weighted by Gasteiger charge is 2.45. The van der Waals surface area contributed by atoms with Crippen LogP contribution in [0.5, 0.6) is 0 Å². The van der Waals surface area contributed by atoms with Crippen molar-refractivity contribution in [3.63, 3.8) is 0 Å². The van der Waals surface area contributed by atoms with Gasteiger partial charge in [-0.25, -0.2) is 0 Å². The van der Waals surface area contributed by atoms with Crippen molar-refractivity contribution in [2.75, 3.05) is 0 Å². The number of carbonyl (C=O) groups excluding carboxylic acids is 2. The molecular formula is C12H20O3. The average Bonchev–Trinajstić information content (AvgIpc) is 1.93. The molecule has 3 nitrogen and oxygen atoms in total. The molecule has 0 aromatic rings. The number of carbonyl (C=O) groups is 2. The van der Waals surface area contributed by atoms with Crippen LogP contribution in [0.1, 0.15) is 47.5 Å². The molecule has 1 unspecified atom stereocenters. The Hall–Kier alpha value is -0.860. The number of hydrogen-bond acceptors (Lipinski definition) is 3. The van der Waals surface area contributed by atoms with Crippen LogP contribution in [0.15, 0.2) is 0 Å². The van der Waals surface area contributed by atoms with E-state index in [1.807, 2.05) is 13.8 Å². The Balaban J connectivity index is 2.85. The fourth-order valence-corrected chi connectivity index (χ4v) is 2.01. The molecule has 0 aromatic heterocycles. The molecule has 0 saturated carbocycles. The summed E-state index contributed by atoms with van der Waals surface area (Å²) in [5, 5.41) is 0. The second-order valence-corrected chi connectivity index (χ2v) is 6.28. The first kappa shape index (κ1) is 12.2. The molecule has 3 heteroatoms. The van der Waals surface area contributed by atoms with Crippen LogP contribution in [0.2, 0.25) is 0 Å². The van der Waals surface area contributed by atoms with Crippen LogP contribution in [0.25, 0.3) is 0 Å². The summed E-state index contributed by atoms with van der Waals surface area (Å²) >= 11 is 0. The molecule has 1 heterocycles. The van der Waals surface area contributed by atoms with Gasteiger partial charge in [0.1, 0.15) is 0 Å². The van der Waals surface area contributed by atoms with Gasteiger partial charge in [-0.15, -0.1) is 0 Å². The molecular weight excluding hydrogens is 192 g/mol. The predicted octanol–water partition coefficient (Wildman–Crippen LogP) is 2.54. The Labute approximate surface area is 91.2 Å². The normalized spacial score (nSPS) is 26.3. The van der Waals surface area contributed by atoms with Crippen molar-refractivity contribution in [1.29, 1.82) is 0 Å². The number of ether oxygens (including phenoxy) is 1. The molecule has 0 spiro atoms. The number of cyclic esters (lactones) is 2. The van der Waals surface area contributed by atoms with Crippen molar-refractivity contribution < 1.29 is 14.3 Å². The van der Waals surface area contributed by atoms with Crippen LogP contribution in [0.3, 0.4) is 0 Å². The van der Waals surface area contributed by atoms with E-state index < -0.39 is 5.97 Å². The topological polar surface area (TPSA) is 43.4 Å². The maximum Gasteiger partial charge on any atom is 0.317 e. The summed E-state index contributed by atoms with van der Waals surface area (Å²) in [4.78, 5) is 22.8. The Bertz CT molecular complexity index is 284. The molecule has 0 aliphatic carbocycles. The van der Waals surface area contributed by atoms with Crippen molar-refractivity contribution in [2.45, 2.75) is 47.5 Å². The minimum absolute atomic E-state index is 0.0708. The third kappa shape index (κ3) is 3.05. The largest absolute Gasteiger partial charge is 0.393 e. The van der Waals surface area contributed by atoms with Crippen LogP contribution in [-0.4, -0.2) is 11.9 Å². The Morgan fingerprint density at radius 3 is 2.27 bits per heavy atom. The Morgan fingerprint density at radius 2 is 1.87 bits per heavy atom. The van der Waals surface area contributed by atoms with Gasteiger partial charge in [0.25, 0.3) is 0 Å². The fourth-order valence-electron chi connectivity index (χ4n) is 2.01. The molecule has 0 aromatic carbocycles. The average molecular weight is 212 g/mol.